The Morgan fingerprint density at radius 3 is 2.48 bits per heavy atom. The number of hydrogen-bond donors (Lipinski definition) is 0. The van der Waals surface area contributed by atoms with E-state index >= 15 is 0 Å². The first kappa shape index (κ1) is 16.1. The van der Waals surface area contributed by atoms with Gasteiger partial charge in [0.05, 0.1) is 6.04 Å². The Kier molecular flexibility index (Phi) is 4.22. The predicted molar refractivity (Wildman–Crippen MR) is 93.3 cm³/mol. The molecule has 2 aliphatic rings. The highest BCUT2D eigenvalue weighted by Crippen LogP contribution is 2.37. The van der Waals surface area contributed by atoms with E-state index in [1.54, 1.807) is 0 Å². The molecule has 1 aromatic carbocycles. The minimum atomic E-state index is -0.438. The van der Waals surface area contributed by atoms with E-state index in [-0.39, 0.29) is 18.2 Å². The first-order chi connectivity index (χ1) is 10.8. The van der Waals surface area contributed by atoms with E-state index in [1.807, 2.05) is 25.7 Å². The standard InChI is InChI=1S/C20H27NO2/c1-14-8-10-15(11-9-14)16-12-17-6-5-7-18(13-16)21(17)19(22)23-20(2,3)4/h8-12,17-18H,5-7,13H2,1-4H3. The molecular weight excluding hydrogens is 286 g/mol. The number of ether oxygens (including phenoxy) is 1. The van der Waals surface area contributed by atoms with Crippen molar-refractivity contribution in [3.8, 4) is 0 Å². The summed E-state index contributed by atoms with van der Waals surface area (Å²) in [4.78, 5) is 14.6. The summed E-state index contributed by atoms with van der Waals surface area (Å²) in [5.74, 6) is 0. The number of aryl methyl sites for hydroxylation is 1. The number of amides is 1. The van der Waals surface area contributed by atoms with E-state index in [0.717, 1.165) is 19.3 Å². The summed E-state index contributed by atoms with van der Waals surface area (Å²) in [5.41, 5.74) is 3.50. The van der Waals surface area contributed by atoms with Crippen LogP contribution < -0.4 is 0 Å². The van der Waals surface area contributed by atoms with Crippen LogP contribution in [0.2, 0.25) is 0 Å². The highest BCUT2D eigenvalue weighted by atomic mass is 16.6. The lowest BCUT2D eigenvalue weighted by molar-refractivity contribution is 0.0000865. The number of rotatable bonds is 1. The van der Waals surface area contributed by atoms with Gasteiger partial charge >= 0.3 is 6.09 Å². The molecule has 3 rings (SSSR count). The number of benzene rings is 1. The predicted octanol–water partition coefficient (Wildman–Crippen LogP) is 4.94. The van der Waals surface area contributed by atoms with Crippen LogP contribution in [0.3, 0.4) is 0 Å². The molecule has 0 spiro atoms. The van der Waals surface area contributed by atoms with Gasteiger partial charge in [-0.2, -0.15) is 0 Å². The van der Waals surface area contributed by atoms with Gasteiger partial charge in [0.15, 0.2) is 0 Å². The maximum Gasteiger partial charge on any atom is 0.411 e. The first-order valence-electron chi connectivity index (χ1n) is 8.62. The molecule has 1 fully saturated rings. The molecule has 3 nitrogen and oxygen atoms in total. The van der Waals surface area contributed by atoms with Gasteiger partial charge in [0.1, 0.15) is 5.60 Å². The normalized spacial score (nSPS) is 24.2. The Labute approximate surface area is 139 Å². The smallest absolute Gasteiger partial charge is 0.411 e. The maximum absolute atomic E-state index is 12.6. The van der Waals surface area contributed by atoms with Gasteiger partial charge in [-0.15, -0.1) is 0 Å². The van der Waals surface area contributed by atoms with Gasteiger partial charge in [0, 0.05) is 6.04 Å². The van der Waals surface area contributed by atoms with Crippen molar-refractivity contribution < 1.29 is 9.53 Å². The molecule has 2 aliphatic heterocycles. The SMILES string of the molecule is Cc1ccc(C2=CC3CCCC(C2)N3C(=O)OC(C)(C)C)cc1. The van der Waals surface area contributed by atoms with Crippen LogP contribution in [0.15, 0.2) is 30.3 Å². The molecule has 0 N–H and O–H groups in total. The van der Waals surface area contributed by atoms with Crippen LogP contribution in [0.25, 0.3) is 5.57 Å². The highest BCUT2D eigenvalue weighted by Gasteiger charge is 2.39. The zero-order valence-electron chi connectivity index (χ0n) is 14.6. The van der Waals surface area contributed by atoms with Crippen molar-refractivity contribution in [2.45, 2.75) is 71.1 Å². The van der Waals surface area contributed by atoms with Crippen molar-refractivity contribution in [1.29, 1.82) is 0 Å². The molecule has 1 amide bonds. The van der Waals surface area contributed by atoms with E-state index in [9.17, 15) is 4.79 Å². The molecule has 1 saturated heterocycles. The zero-order valence-corrected chi connectivity index (χ0v) is 14.6. The molecule has 0 radical (unpaired) electrons. The van der Waals surface area contributed by atoms with E-state index in [2.05, 4.69) is 37.3 Å². The van der Waals surface area contributed by atoms with E-state index in [4.69, 9.17) is 4.74 Å². The van der Waals surface area contributed by atoms with Crippen LogP contribution >= 0.6 is 0 Å². The average molecular weight is 313 g/mol. The fourth-order valence-electron chi connectivity index (χ4n) is 3.61. The van der Waals surface area contributed by atoms with Crippen molar-refractivity contribution in [2.75, 3.05) is 0 Å². The second-order valence-corrected chi connectivity index (χ2v) is 7.80. The molecule has 23 heavy (non-hydrogen) atoms. The van der Waals surface area contributed by atoms with Crippen LogP contribution in [0, 0.1) is 6.92 Å². The third-order valence-corrected chi connectivity index (χ3v) is 4.66. The summed E-state index contributed by atoms with van der Waals surface area (Å²) in [5, 5.41) is 0. The third kappa shape index (κ3) is 3.60. The molecule has 2 bridgehead atoms. The van der Waals surface area contributed by atoms with Gasteiger partial charge in [0.2, 0.25) is 0 Å². The van der Waals surface area contributed by atoms with Crippen LogP contribution in [0.1, 0.15) is 57.6 Å². The molecule has 3 heteroatoms. The molecule has 2 atom stereocenters. The lowest BCUT2D eigenvalue weighted by Crippen LogP contribution is -2.53. The average Bonchev–Trinajstić information content (AvgIpc) is 2.44. The summed E-state index contributed by atoms with van der Waals surface area (Å²) in [6, 6.07) is 9.15. The van der Waals surface area contributed by atoms with Crippen molar-refractivity contribution >= 4 is 11.7 Å². The number of carbonyl (C=O) groups is 1. The summed E-state index contributed by atoms with van der Waals surface area (Å²) in [6.45, 7) is 7.90. The van der Waals surface area contributed by atoms with Gasteiger partial charge in [-0.05, 0) is 64.5 Å². The lowest BCUT2D eigenvalue weighted by Gasteiger charge is -2.45. The Morgan fingerprint density at radius 1 is 1.17 bits per heavy atom. The highest BCUT2D eigenvalue weighted by molar-refractivity contribution is 5.74. The molecule has 2 heterocycles. The van der Waals surface area contributed by atoms with Crippen LogP contribution in [0.4, 0.5) is 4.79 Å². The van der Waals surface area contributed by atoms with Gasteiger partial charge < -0.3 is 4.74 Å². The number of hydrogen-bond acceptors (Lipinski definition) is 2. The third-order valence-electron chi connectivity index (χ3n) is 4.66. The van der Waals surface area contributed by atoms with Crippen molar-refractivity contribution in [3.63, 3.8) is 0 Å². The summed E-state index contributed by atoms with van der Waals surface area (Å²) in [7, 11) is 0. The largest absolute Gasteiger partial charge is 0.444 e. The quantitative estimate of drug-likeness (QED) is 0.735. The topological polar surface area (TPSA) is 29.5 Å². The zero-order chi connectivity index (χ0) is 16.6. The van der Waals surface area contributed by atoms with E-state index in [0.29, 0.717) is 0 Å². The van der Waals surface area contributed by atoms with Crippen LogP contribution in [0.5, 0.6) is 0 Å². The Morgan fingerprint density at radius 2 is 1.87 bits per heavy atom. The molecular formula is C20H27NO2. The number of carbonyl (C=O) groups excluding carboxylic acids is 1. The second-order valence-electron chi connectivity index (χ2n) is 7.80. The van der Waals surface area contributed by atoms with Crippen LogP contribution in [-0.2, 0) is 4.74 Å². The minimum absolute atomic E-state index is 0.161. The lowest BCUT2D eigenvalue weighted by atomic mass is 9.83. The maximum atomic E-state index is 12.6. The molecule has 0 aliphatic carbocycles. The number of nitrogens with zero attached hydrogens (tertiary/aromatic N) is 1. The van der Waals surface area contributed by atoms with Crippen molar-refractivity contribution in [2.24, 2.45) is 0 Å². The Bertz CT molecular complexity index is 610. The van der Waals surface area contributed by atoms with Gasteiger partial charge in [-0.25, -0.2) is 4.79 Å². The van der Waals surface area contributed by atoms with E-state index < -0.39 is 5.60 Å². The molecule has 1 aromatic rings. The monoisotopic (exact) mass is 313 g/mol. The second kappa shape index (κ2) is 6.03. The van der Waals surface area contributed by atoms with Gasteiger partial charge in [-0.1, -0.05) is 35.9 Å². The molecule has 124 valence electrons. The van der Waals surface area contributed by atoms with Crippen molar-refractivity contribution in [3.05, 3.63) is 41.5 Å². The van der Waals surface area contributed by atoms with E-state index in [1.165, 1.54) is 23.1 Å². The summed E-state index contributed by atoms with van der Waals surface area (Å²) >= 11 is 0. The molecule has 2 unspecified atom stereocenters. The Balaban J connectivity index is 1.84. The minimum Gasteiger partial charge on any atom is -0.444 e. The molecule has 0 saturated carbocycles. The van der Waals surface area contributed by atoms with Gasteiger partial charge in [0.25, 0.3) is 0 Å². The Hall–Kier alpha value is -1.77. The molecule has 0 aromatic heterocycles. The van der Waals surface area contributed by atoms with Crippen molar-refractivity contribution in [1.82, 2.24) is 4.90 Å². The fraction of sp³-hybridized carbons (Fsp3) is 0.550. The summed E-state index contributed by atoms with van der Waals surface area (Å²) < 4.78 is 5.63. The number of fused-ring (bicyclic) bond motifs is 2. The number of piperidine rings is 1. The summed E-state index contributed by atoms with van der Waals surface area (Å²) in [6.07, 6.45) is 6.34. The van der Waals surface area contributed by atoms with Crippen LogP contribution in [-0.4, -0.2) is 28.7 Å². The fourth-order valence-corrected chi connectivity index (χ4v) is 3.61. The first-order valence-corrected chi connectivity index (χ1v) is 8.62. The van der Waals surface area contributed by atoms with Gasteiger partial charge in [-0.3, -0.25) is 4.90 Å².